The molecule has 2 aliphatic heterocycles. The summed E-state index contributed by atoms with van der Waals surface area (Å²) in [5.74, 6) is 0.0116. The van der Waals surface area contributed by atoms with Gasteiger partial charge >= 0.3 is 0 Å². The van der Waals surface area contributed by atoms with Crippen molar-refractivity contribution in [1.29, 1.82) is 5.41 Å². The number of hydrogen-bond acceptors (Lipinski definition) is 5. The maximum atomic E-state index is 12.8. The zero-order chi connectivity index (χ0) is 24.5. The first-order valence-corrected chi connectivity index (χ1v) is 12.3. The number of amidine groups is 2. The first-order valence-electron chi connectivity index (χ1n) is 10.3. The third-order valence-corrected chi connectivity index (χ3v) is 7.00. The fraction of sp³-hybridized carbons (Fsp3) is 0.0400. The molecule has 11 heteroatoms. The zero-order valence-electron chi connectivity index (χ0n) is 18.2. The van der Waals surface area contributed by atoms with E-state index in [0.29, 0.717) is 42.2 Å². The highest BCUT2D eigenvalue weighted by Gasteiger charge is 2.36. The molecular weight excluding hydrogens is 562 g/mol. The van der Waals surface area contributed by atoms with Crippen molar-refractivity contribution in [2.75, 3.05) is 0 Å². The fourth-order valence-corrected chi connectivity index (χ4v) is 5.07. The number of fused-ring (bicyclic) bond motifs is 1. The molecule has 3 aromatic rings. The Bertz CT molecular complexity index is 1470. The molecule has 0 saturated heterocycles. The van der Waals surface area contributed by atoms with Gasteiger partial charge < -0.3 is 4.74 Å². The number of rotatable bonds is 5. The molecule has 0 atom stereocenters. The molecule has 1 N–H and O–H groups in total. The number of ether oxygens (including phenoxy) is 1. The predicted molar refractivity (Wildman–Crippen MR) is 150 cm³/mol. The lowest BCUT2D eigenvalue weighted by Crippen LogP contribution is -2.35. The molecule has 0 aliphatic carbocycles. The Morgan fingerprint density at radius 1 is 1.00 bits per heavy atom. The van der Waals surface area contributed by atoms with Gasteiger partial charge in [-0.05, 0) is 53.7 Å². The van der Waals surface area contributed by atoms with Gasteiger partial charge in [-0.3, -0.25) is 10.2 Å². The van der Waals surface area contributed by atoms with Gasteiger partial charge in [0.05, 0.1) is 10.6 Å². The molecule has 0 saturated carbocycles. The second-order valence-corrected chi connectivity index (χ2v) is 9.71. The number of nitrogens with zero attached hydrogens (tertiary/aromatic N) is 3. The molecule has 5 rings (SSSR count). The number of hydrazone groups is 1. The minimum atomic E-state index is -0.511. The molecule has 0 bridgehead atoms. The number of hydrogen-bond donors (Lipinski definition) is 1. The maximum absolute atomic E-state index is 12.8. The topological polar surface area (TPSA) is 78.1 Å². The maximum Gasteiger partial charge on any atom is 0.283 e. The van der Waals surface area contributed by atoms with E-state index in [2.05, 4.69) is 10.1 Å². The molecule has 6 nitrogen and oxygen atoms in total. The van der Waals surface area contributed by atoms with Crippen LogP contribution in [0.4, 0.5) is 0 Å². The van der Waals surface area contributed by atoms with Gasteiger partial charge in [0.1, 0.15) is 17.4 Å². The normalized spacial score (nSPS) is 15.9. The first-order chi connectivity index (χ1) is 16.9. The average Bonchev–Trinajstić information content (AvgIpc) is 3.25. The van der Waals surface area contributed by atoms with Crippen LogP contribution in [0.3, 0.4) is 0 Å². The van der Waals surface area contributed by atoms with E-state index >= 15 is 0 Å². The van der Waals surface area contributed by atoms with Crippen molar-refractivity contribution in [3.05, 3.63) is 104 Å². The summed E-state index contributed by atoms with van der Waals surface area (Å²) in [6.45, 7) is 0.253. The van der Waals surface area contributed by atoms with Crippen molar-refractivity contribution >= 4 is 87.0 Å². The van der Waals surface area contributed by atoms with Crippen LogP contribution in [0.1, 0.15) is 16.7 Å². The average molecular weight is 578 g/mol. The number of carbonyl (C=O) groups is 1. The standard InChI is InChI=1S/C25H15Cl3N4O2S.ClH/c26-16-9-8-15(21(28)12-16)13-34-17-5-3-4-14(10-17)11-19-22(29)32-25(30-23(19)33)35-24(31-32)18-6-1-2-7-20(18)27;/h1-12,29H,13H2;1H/b19-11-,29-22?;. The Balaban J connectivity index is 0.00000304. The molecule has 182 valence electrons. The minimum absolute atomic E-state index is 0. The summed E-state index contributed by atoms with van der Waals surface area (Å²) in [6, 6.07) is 19.7. The SMILES string of the molecule is Cl.N=C1/C(=C/c2cccc(OCc3ccc(Cl)cc3Cl)c2)C(=O)N=C2SC(c3ccccc3Cl)=NN12. The van der Waals surface area contributed by atoms with Crippen LogP contribution in [0.2, 0.25) is 15.1 Å². The van der Waals surface area contributed by atoms with E-state index in [4.69, 9.17) is 44.9 Å². The molecule has 36 heavy (non-hydrogen) atoms. The number of thioether (sulfide) groups is 1. The van der Waals surface area contributed by atoms with Gasteiger partial charge in [0.2, 0.25) is 5.17 Å². The summed E-state index contributed by atoms with van der Waals surface area (Å²) in [5.41, 5.74) is 2.31. The van der Waals surface area contributed by atoms with E-state index in [0.717, 1.165) is 5.56 Å². The van der Waals surface area contributed by atoms with Gasteiger partial charge in [-0.15, -0.1) is 12.4 Å². The Hall–Kier alpha value is -2.81. The van der Waals surface area contributed by atoms with E-state index < -0.39 is 5.91 Å². The van der Waals surface area contributed by atoms with Gasteiger partial charge in [-0.2, -0.15) is 15.1 Å². The second-order valence-electron chi connectivity index (χ2n) is 7.50. The molecular formula is C25H16Cl4N4O2S. The summed E-state index contributed by atoms with van der Waals surface area (Å²) < 4.78 is 5.87. The largest absolute Gasteiger partial charge is 0.489 e. The smallest absolute Gasteiger partial charge is 0.283 e. The number of halogens is 4. The Morgan fingerprint density at radius 2 is 1.81 bits per heavy atom. The molecule has 0 unspecified atom stereocenters. The van der Waals surface area contributed by atoms with Gasteiger partial charge in [0.25, 0.3) is 5.91 Å². The summed E-state index contributed by atoms with van der Waals surface area (Å²) >= 11 is 19.7. The van der Waals surface area contributed by atoms with Gasteiger partial charge in [-0.1, -0.05) is 71.2 Å². The van der Waals surface area contributed by atoms with Crippen LogP contribution < -0.4 is 4.74 Å². The molecule has 0 radical (unpaired) electrons. The van der Waals surface area contributed by atoms with Crippen LogP contribution in [0.25, 0.3) is 6.08 Å². The zero-order valence-corrected chi connectivity index (χ0v) is 22.1. The Morgan fingerprint density at radius 3 is 2.58 bits per heavy atom. The van der Waals surface area contributed by atoms with Crippen molar-refractivity contribution in [1.82, 2.24) is 5.01 Å². The lowest BCUT2D eigenvalue weighted by Gasteiger charge is -2.20. The number of carbonyl (C=O) groups excluding carboxylic acids is 1. The molecule has 0 spiro atoms. The van der Waals surface area contributed by atoms with Crippen LogP contribution in [0.15, 0.2) is 82.4 Å². The Kier molecular flexibility index (Phi) is 8.07. The van der Waals surface area contributed by atoms with E-state index in [1.807, 2.05) is 24.3 Å². The van der Waals surface area contributed by atoms with Crippen molar-refractivity contribution in [3.8, 4) is 5.75 Å². The van der Waals surface area contributed by atoms with Crippen LogP contribution in [-0.2, 0) is 11.4 Å². The van der Waals surface area contributed by atoms with Crippen molar-refractivity contribution in [3.63, 3.8) is 0 Å². The quantitative estimate of drug-likeness (QED) is 0.322. The van der Waals surface area contributed by atoms with Crippen LogP contribution >= 0.6 is 59.0 Å². The number of nitrogens with one attached hydrogen (secondary N) is 1. The highest BCUT2D eigenvalue weighted by atomic mass is 35.5. The fourth-order valence-electron chi connectivity index (χ4n) is 3.40. The summed E-state index contributed by atoms with van der Waals surface area (Å²) in [5, 5.41) is 16.9. The summed E-state index contributed by atoms with van der Waals surface area (Å²) in [7, 11) is 0. The second kappa shape index (κ2) is 11.1. The van der Waals surface area contributed by atoms with Gasteiger partial charge in [0.15, 0.2) is 5.84 Å². The number of aliphatic imine (C=N–C) groups is 1. The van der Waals surface area contributed by atoms with E-state index in [-0.39, 0.29) is 30.4 Å². The van der Waals surface area contributed by atoms with E-state index in [1.165, 1.54) is 16.8 Å². The molecule has 2 heterocycles. The molecule has 0 fully saturated rings. The number of benzene rings is 3. The predicted octanol–water partition coefficient (Wildman–Crippen LogP) is 7.32. The Labute approximate surface area is 232 Å². The number of amides is 1. The summed E-state index contributed by atoms with van der Waals surface area (Å²) in [4.78, 5) is 16.9. The highest BCUT2D eigenvalue weighted by Crippen LogP contribution is 2.33. The van der Waals surface area contributed by atoms with Gasteiger partial charge in [0, 0.05) is 21.2 Å². The molecule has 3 aromatic carbocycles. The molecule has 2 aliphatic rings. The van der Waals surface area contributed by atoms with Crippen molar-refractivity contribution in [2.45, 2.75) is 6.61 Å². The molecule has 0 aromatic heterocycles. The third-order valence-electron chi connectivity index (χ3n) is 5.14. The van der Waals surface area contributed by atoms with Crippen LogP contribution in [0.5, 0.6) is 5.75 Å². The van der Waals surface area contributed by atoms with Crippen molar-refractivity contribution < 1.29 is 9.53 Å². The first kappa shape index (κ1) is 26.3. The van der Waals surface area contributed by atoms with Crippen LogP contribution in [-0.4, -0.2) is 27.0 Å². The van der Waals surface area contributed by atoms with E-state index in [1.54, 1.807) is 48.5 Å². The minimum Gasteiger partial charge on any atom is -0.489 e. The molecule has 1 amide bonds. The van der Waals surface area contributed by atoms with Crippen molar-refractivity contribution in [2.24, 2.45) is 10.1 Å². The summed E-state index contributed by atoms with van der Waals surface area (Å²) in [6.07, 6.45) is 1.60. The highest BCUT2D eigenvalue weighted by molar-refractivity contribution is 8.27. The third kappa shape index (κ3) is 5.45. The van der Waals surface area contributed by atoms with E-state index in [9.17, 15) is 4.79 Å². The lowest BCUT2D eigenvalue weighted by molar-refractivity contribution is -0.114. The lowest BCUT2D eigenvalue weighted by atomic mass is 10.1. The van der Waals surface area contributed by atoms with Crippen LogP contribution in [0, 0.1) is 5.41 Å². The van der Waals surface area contributed by atoms with Gasteiger partial charge in [-0.25, -0.2) is 0 Å². The monoisotopic (exact) mass is 576 g/mol.